The Kier molecular flexibility index (Phi) is 5.43. The Morgan fingerprint density at radius 1 is 1.08 bits per heavy atom. The number of aromatic nitrogens is 1. The van der Waals surface area contributed by atoms with Crippen molar-refractivity contribution in [1.29, 1.82) is 0 Å². The number of rotatable bonds is 5. The lowest BCUT2D eigenvalue weighted by Gasteiger charge is -2.15. The predicted octanol–water partition coefficient (Wildman–Crippen LogP) is 3.83. The Balaban J connectivity index is 1.63. The lowest BCUT2D eigenvalue weighted by atomic mass is 10.2. The second kappa shape index (κ2) is 7.93. The van der Waals surface area contributed by atoms with E-state index < -0.39 is 0 Å². The SMILES string of the molecule is Cc1ccc(-c2nc(C(=O)N(C)CC(=O)Nc3ccccc3)cs2)cc1. The molecule has 0 aliphatic carbocycles. The number of para-hydroxylation sites is 1. The minimum atomic E-state index is -0.275. The van der Waals surface area contributed by atoms with Crippen LogP contribution in [-0.2, 0) is 4.79 Å². The summed E-state index contributed by atoms with van der Waals surface area (Å²) < 4.78 is 0. The van der Waals surface area contributed by atoms with Crippen molar-refractivity contribution in [2.45, 2.75) is 6.92 Å². The molecule has 0 aliphatic rings. The van der Waals surface area contributed by atoms with Crippen LogP contribution in [0.25, 0.3) is 10.6 Å². The minimum Gasteiger partial charge on any atom is -0.331 e. The van der Waals surface area contributed by atoms with Gasteiger partial charge >= 0.3 is 0 Å². The van der Waals surface area contributed by atoms with Crippen LogP contribution in [-0.4, -0.2) is 35.3 Å². The summed E-state index contributed by atoms with van der Waals surface area (Å²) in [5, 5.41) is 5.28. The number of hydrogen-bond acceptors (Lipinski definition) is 4. The smallest absolute Gasteiger partial charge is 0.273 e. The monoisotopic (exact) mass is 365 g/mol. The van der Waals surface area contributed by atoms with Crippen molar-refractivity contribution in [3.05, 3.63) is 71.2 Å². The summed E-state index contributed by atoms with van der Waals surface area (Å²) >= 11 is 1.42. The van der Waals surface area contributed by atoms with Crippen molar-refractivity contribution in [1.82, 2.24) is 9.88 Å². The molecule has 0 saturated heterocycles. The zero-order chi connectivity index (χ0) is 18.5. The molecule has 0 atom stereocenters. The van der Waals surface area contributed by atoms with Crippen molar-refractivity contribution in [3.63, 3.8) is 0 Å². The van der Waals surface area contributed by atoms with Gasteiger partial charge in [-0.2, -0.15) is 0 Å². The zero-order valence-electron chi connectivity index (χ0n) is 14.6. The number of likely N-dealkylation sites (N-methyl/N-ethyl adjacent to an activating group) is 1. The number of anilines is 1. The van der Waals surface area contributed by atoms with Crippen LogP contribution in [0.3, 0.4) is 0 Å². The molecule has 0 unspecified atom stereocenters. The van der Waals surface area contributed by atoms with E-state index in [1.54, 1.807) is 24.6 Å². The fourth-order valence-corrected chi connectivity index (χ4v) is 3.21. The van der Waals surface area contributed by atoms with E-state index in [4.69, 9.17) is 0 Å². The highest BCUT2D eigenvalue weighted by Gasteiger charge is 2.18. The molecule has 2 aromatic carbocycles. The fraction of sp³-hybridized carbons (Fsp3) is 0.150. The number of nitrogens with one attached hydrogen (secondary N) is 1. The molecule has 1 N–H and O–H groups in total. The second-order valence-corrected chi connectivity index (χ2v) is 6.84. The number of amides is 2. The van der Waals surface area contributed by atoms with Crippen molar-refractivity contribution >= 4 is 28.8 Å². The van der Waals surface area contributed by atoms with Crippen molar-refractivity contribution < 1.29 is 9.59 Å². The molecule has 0 spiro atoms. The van der Waals surface area contributed by atoms with Crippen molar-refractivity contribution in [2.24, 2.45) is 0 Å². The maximum Gasteiger partial charge on any atom is 0.273 e. The van der Waals surface area contributed by atoms with Gasteiger partial charge in [-0.15, -0.1) is 11.3 Å². The standard InChI is InChI=1S/C20H19N3O2S/c1-14-8-10-15(11-9-14)19-22-17(13-26-19)20(25)23(2)12-18(24)21-16-6-4-3-5-7-16/h3-11,13H,12H2,1-2H3,(H,21,24). The molecule has 2 amide bonds. The Hall–Kier alpha value is -2.99. The average Bonchev–Trinajstić information content (AvgIpc) is 3.12. The second-order valence-electron chi connectivity index (χ2n) is 5.98. The van der Waals surface area contributed by atoms with Crippen LogP contribution in [0.15, 0.2) is 60.0 Å². The Bertz CT molecular complexity index is 904. The topological polar surface area (TPSA) is 62.3 Å². The number of benzene rings is 2. The van der Waals surface area contributed by atoms with E-state index in [-0.39, 0.29) is 18.4 Å². The maximum atomic E-state index is 12.5. The summed E-state index contributed by atoms with van der Waals surface area (Å²) in [6.07, 6.45) is 0. The van der Waals surface area contributed by atoms with Crippen molar-refractivity contribution in [2.75, 3.05) is 18.9 Å². The van der Waals surface area contributed by atoms with Crippen LogP contribution in [0.1, 0.15) is 16.1 Å². The molecular formula is C20H19N3O2S. The molecule has 0 fully saturated rings. The van der Waals surface area contributed by atoms with Gasteiger partial charge in [-0.3, -0.25) is 9.59 Å². The third-order valence-electron chi connectivity index (χ3n) is 3.81. The average molecular weight is 365 g/mol. The summed E-state index contributed by atoms with van der Waals surface area (Å²) in [6.45, 7) is 1.99. The quantitative estimate of drug-likeness (QED) is 0.747. The summed E-state index contributed by atoms with van der Waals surface area (Å²) in [6, 6.07) is 17.1. The highest BCUT2D eigenvalue weighted by atomic mass is 32.1. The largest absolute Gasteiger partial charge is 0.331 e. The van der Waals surface area contributed by atoms with Gasteiger partial charge in [0.05, 0.1) is 6.54 Å². The van der Waals surface area contributed by atoms with Gasteiger partial charge in [0.2, 0.25) is 5.91 Å². The lowest BCUT2D eigenvalue weighted by Crippen LogP contribution is -2.35. The molecule has 1 heterocycles. The van der Waals surface area contributed by atoms with Gasteiger partial charge < -0.3 is 10.2 Å². The predicted molar refractivity (Wildman–Crippen MR) is 104 cm³/mol. The summed E-state index contributed by atoms with van der Waals surface area (Å²) in [5.74, 6) is -0.524. The van der Waals surface area contributed by atoms with Gasteiger partial charge in [-0.1, -0.05) is 48.0 Å². The van der Waals surface area contributed by atoms with Gasteiger partial charge in [0.15, 0.2) is 0 Å². The Labute approximate surface area is 156 Å². The first-order valence-corrected chi connectivity index (χ1v) is 9.04. The minimum absolute atomic E-state index is 0.0366. The lowest BCUT2D eigenvalue weighted by molar-refractivity contribution is -0.116. The fourth-order valence-electron chi connectivity index (χ4n) is 2.41. The molecule has 0 saturated carbocycles. The van der Waals surface area contributed by atoms with E-state index >= 15 is 0 Å². The molecule has 0 aliphatic heterocycles. The number of nitrogens with zero attached hydrogens (tertiary/aromatic N) is 2. The van der Waals surface area contributed by atoms with Crippen molar-refractivity contribution in [3.8, 4) is 10.6 Å². The number of thiazole rings is 1. The van der Waals surface area contributed by atoms with E-state index in [1.165, 1.54) is 21.8 Å². The number of hydrogen-bond donors (Lipinski definition) is 1. The van der Waals surface area contributed by atoms with Crippen LogP contribution in [0.4, 0.5) is 5.69 Å². The molecule has 3 aromatic rings. The normalized spacial score (nSPS) is 10.4. The highest BCUT2D eigenvalue weighted by molar-refractivity contribution is 7.13. The van der Waals surface area contributed by atoms with E-state index in [2.05, 4.69) is 10.3 Å². The highest BCUT2D eigenvalue weighted by Crippen LogP contribution is 2.24. The molecule has 132 valence electrons. The van der Waals surface area contributed by atoms with Crippen LogP contribution in [0.5, 0.6) is 0 Å². The molecule has 6 heteroatoms. The Morgan fingerprint density at radius 3 is 2.46 bits per heavy atom. The zero-order valence-corrected chi connectivity index (χ0v) is 15.4. The van der Waals surface area contributed by atoms with Crippen LogP contribution in [0, 0.1) is 6.92 Å². The van der Waals surface area contributed by atoms with Gasteiger partial charge in [0, 0.05) is 23.7 Å². The molecule has 1 aromatic heterocycles. The number of aryl methyl sites for hydroxylation is 1. The number of carbonyl (C=O) groups is 2. The van der Waals surface area contributed by atoms with E-state index in [0.29, 0.717) is 11.4 Å². The van der Waals surface area contributed by atoms with E-state index in [0.717, 1.165) is 10.6 Å². The summed E-state index contributed by atoms with van der Waals surface area (Å²) in [5.41, 5.74) is 3.20. The summed E-state index contributed by atoms with van der Waals surface area (Å²) in [4.78, 5) is 30.4. The molecule has 0 bridgehead atoms. The van der Waals surface area contributed by atoms with Gasteiger partial charge in [-0.05, 0) is 19.1 Å². The molecule has 0 radical (unpaired) electrons. The third kappa shape index (κ3) is 4.34. The molecule has 5 nitrogen and oxygen atoms in total. The third-order valence-corrected chi connectivity index (χ3v) is 4.70. The first-order valence-electron chi connectivity index (χ1n) is 8.16. The van der Waals surface area contributed by atoms with Gasteiger partial charge in [0.1, 0.15) is 10.7 Å². The van der Waals surface area contributed by atoms with Crippen LogP contribution >= 0.6 is 11.3 Å². The van der Waals surface area contributed by atoms with E-state index in [9.17, 15) is 9.59 Å². The first kappa shape index (κ1) is 17.8. The van der Waals surface area contributed by atoms with Crippen LogP contribution < -0.4 is 5.32 Å². The van der Waals surface area contributed by atoms with E-state index in [1.807, 2.05) is 49.4 Å². The van der Waals surface area contributed by atoms with Crippen LogP contribution in [0.2, 0.25) is 0 Å². The summed E-state index contributed by atoms with van der Waals surface area (Å²) in [7, 11) is 1.60. The first-order chi connectivity index (χ1) is 12.5. The Morgan fingerprint density at radius 2 is 1.77 bits per heavy atom. The van der Waals surface area contributed by atoms with Gasteiger partial charge in [0.25, 0.3) is 5.91 Å². The molecule has 3 rings (SSSR count). The molecular weight excluding hydrogens is 346 g/mol. The maximum absolute atomic E-state index is 12.5. The number of carbonyl (C=O) groups excluding carboxylic acids is 2. The van der Waals surface area contributed by atoms with Gasteiger partial charge in [-0.25, -0.2) is 4.98 Å². The molecule has 26 heavy (non-hydrogen) atoms.